The zero-order valence-electron chi connectivity index (χ0n) is 15.7. The maximum atomic E-state index is 12.7. The molecule has 142 valence electrons. The van der Waals surface area contributed by atoms with E-state index in [2.05, 4.69) is 14.9 Å². The van der Waals surface area contributed by atoms with Crippen molar-refractivity contribution in [3.63, 3.8) is 0 Å². The second-order valence-electron chi connectivity index (χ2n) is 6.19. The van der Waals surface area contributed by atoms with Gasteiger partial charge in [-0.2, -0.15) is 0 Å². The first-order valence-corrected chi connectivity index (χ1v) is 10.1. The molecule has 0 spiro atoms. The number of nitrogens with zero attached hydrogens (tertiary/aromatic N) is 2. The van der Waals surface area contributed by atoms with Gasteiger partial charge in [0.1, 0.15) is 0 Å². The van der Waals surface area contributed by atoms with Crippen molar-refractivity contribution in [3.8, 4) is 0 Å². The van der Waals surface area contributed by atoms with Gasteiger partial charge < -0.3 is 9.30 Å². The Morgan fingerprint density at radius 2 is 1.93 bits per heavy atom. The lowest BCUT2D eigenvalue weighted by Crippen LogP contribution is -2.24. The number of aromatic nitrogens is 2. The molecule has 1 amide bonds. The van der Waals surface area contributed by atoms with Crippen molar-refractivity contribution in [2.45, 2.75) is 37.0 Å². The number of aryl methyl sites for hydroxylation is 1. The molecule has 0 aliphatic heterocycles. The summed E-state index contributed by atoms with van der Waals surface area (Å²) in [6, 6.07) is 17.9. The molecule has 3 aromatic rings. The SMILES string of the molecule is CCOCCCn1c(NC(=O)C(C)Sc2ccccc2)nc2ccccc21. The minimum absolute atomic E-state index is 0.0507. The van der Waals surface area contributed by atoms with Gasteiger partial charge in [-0.25, -0.2) is 4.98 Å². The predicted molar refractivity (Wildman–Crippen MR) is 111 cm³/mol. The number of imidazole rings is 1. The molecule has 27 heavy (non-hydrogen) atoms. The highest BCUT2D eigenvalue weighted by Crippen LogP contribution is 2.25. The largest absolute Gasteiger partial charge is 0.382 e. The van der Waals surface area contributed by atoms with E-state index in [1.54, 1.807) is 0 Å². The second kappa shape index (κ2) is 9.58. The Morgan fingerprint density at radius 3 is 2.70 bits per heavy atom. The van der Waals surface area contributed by atoms with Crippen molar-refractivity contribution in [2.24, 2.45) is 0 Å². The van der Waals surface area contributed by atoms with E-state index in [0.717, 1.165) is 28.9 Å². The van der Waals surface area contributed by atoms with Crippen LogP contribution in [0.3, 0.4) is 0 Å². The molecule has 0 aliphatic carbocycles. The van der Waals surface area contributed by atoms with Crippen LogP contribution in [-0.4, -0.2) is 33.9 Å². The van der Waals surface area contributed by atoms with Crippen molar-refractivity contribution >= 4 is 34.7 Å². The van der Waals surface area contributed by atoms with Gasteiger partial charge in [0.2, 0.25) is 11.9 Å². The van der Waals surface area contributed by atoms with Gasteiger partial charge in [-0.3, -0.25) is 10.1 Å². The van der Waals surface area contributed by atoms with Crippen molar-refractivity contribution in [2.75, 3.05) is 18.5 Å². The van der Waals surface area contributed by atoms with E-state index in [0.29, 0.717) is 19.2 Å². The number of fused-ring (bicyclic) bond motifs is 1. The molecule has 0 radical (unpaired) electrons. The molecule has 3 rings (SSSR count). The van der Waals surface area contributed by atoms with E-state index in [4.69, 9.17) is 4.74 Å². The number of para-hydroxylation sites is 2. The highest BCUT2D eigenvalue weighted by molar-refractivity contribution is 8.00. The van der Waals surface area contributed by atoms with Crippen LogP contribution in [0.2, 0.25) is 0 Å². The number of benzene rings is 2. The van der Waals surface area contributed by atoms with Gasteiger partial charge in [0, 0.05) is 24.7 Å². The molecule has 0 saturated heterocycles. The Balaban J connectivity index is 1.73. The number of ether oxygens (including phenoxy) is 1. The van der Waals surface area contributed by atoms with E-state index < -0.39 is 0 Å². The summed E-state index contributed by atoms with van der Waals surface area (Å²) in [5.41, 5.74) is 1.90. The molecular formula is C21H25N3O2S. The van der Waals surface area contributed by atoms with Crippen molar-refractivity contribution in [3.05, 3.63) is 54.6 Å². The lowest BCUT2D eigenvalue weighted by molar-refractivity contribution is -0.115. The number of nitrogens with one attached hydrogen (secondary N) is 1. The summed E-state index contributed by atoms with van der Waals surface area (Å²) in [6.07, 6.45) is 0.866. The van der Waals surface area contributed by atoms with Crippen LogP contribution in [0.1, 0.15) is 20.3 Å². The minimum atomic E-state index is -0.218. The van der Waals surface area contributed by atoms with Crippen molar-refractivity contribution in [1.82, 2.24) is 9.55 Å². The summed E-state index contributed by atoms with van der Waals surface area (Å²) in [4.78, 5) is 18.4. The number of carbonyl (C=O) groups excluding carboxylic acids is 1. The lowest BCUT2D eigenvalue weighted by Gasteiger charge is -2.13. The fourth-order valence-corrected chi connectivity index (χ4v) is 3.72. The molecule has 0 fully saturated rings. The molecule has 1 atom stereocenters. The van der Waals surface area contributed by atoms with Gasteiger partial charge in [-0.1, -0.05) is 30.3 Å². The van der Waals surface area contributed by atoms with Crippen molar-refractivity contribution < 1.29 is 9.53 Å². The zero-order chi connectivity index (χ0) is 19.1. The summed E-state index contributed by atoms with van der Waals surface area (Å²) < 4.78 is 7.51. The number of hydrogen-bond acceptors (Lipinski definition) is 4. The molecular weight excluding hydrogens is 358 g/mol. The third-order valence-corrected chi connectivity index (χ3v) is 5.30. The molecule has 2 aromatic carbocycles. The average Bonchev–Trinajstić information content (AvgIpc) is 3.03. The van der Waals surface area contributed by atoms with Gasteiger partial charge in [0.25, 0.3) is 0 Å². The van der Waals surface area contributed by atoms with Crippen LogP contribution in [0, 0.1) is 0 Å². The first kappa shape index (κ1) is 19.5. The monoisotopic (exact) mass is 383 g/mol. The first-order valence-electron chi connectivity index (χ1n) is 9.24. The third kappa shape index (κ3) is 5.11. The van der Waals surface area contributed by atoms with Gasteiger partial charge >= 0.3 is 0 Å². The van der Waals surface area contributed by atoms with Crippen LogP contribution in [0.25, 0.3) is 11.0 Å². The Bertz CT molecular complexity index is 880. The van der Waals surface area contributed by atoms with E-state index in [1.807, 2.05) is 68.4 Å². The number of amides is 1. The fraction of sp³-hybridized carbons (Fsp3) is 0.333. The van der Waals surface area contributed by atoms with E-state index in [9.17, 15) is 4.79 Å². The Morgan fingerprint density at radius 1 is 1.19 bits per heavy atom. The molecule has 1 unspecified atom stereocenters. The number of rotatable bonds is 9. The summed E-state index contributed by atoms with van der Waals surface area (Å²) in [6.45, 7) is 6.05. The number of thioether (sulfide) groups is 1. The van der Waals surface area contributed by atoms with Crippen LogP contribution < -0.4 is 5.32 Å². The smallest absolute Gasteiger partial charge is 0.239 e. The summed E-state index contributed by atoms with van der Waals surface area (Å²) in [5, 5.41) is 2.79. The zero-order valence-corrected chi connectivity index (χ0v) is 16.5. The highest BCUT2D eigenvalue weighted by atomic mass is 32.2. The minimum Gasteiger partial charge on any atom is -0.382 e. The van der Waals surface area contributed by atoms with E-state index in [1.165, 1.54) is 11.8 Å². The van der Waals surface area contributed by atoms with Gasteiger partial charge in [0.15, 0.2) is 0 Å². The maximum absolute atomic E-state index is 12.7. The van der Waals surface area contributed by atoms with Crippen molar-refractivity contribution in [1.29, 1.82) is 0 Å². The van der Waals surface area contributed by atoms with Crippen LogP contribution in [0.15, 0.2) is 59.5 Å². The number of anilines is 1. The number of carbonyl (C=O) groups is 1. The summed E-state index contributed by atoms with van der Waals surface area (Å²) in [7, 11) is 0. The van der Waals surface area contributed by atoms with Crippen LogP contribution in [-0.2, 0) is 16.1 Å². The topological polar surface area (TPSA) is 56.1 Å². The quantitative estimate of drug-likeness (QED) is 0.434. The lowest BCUT2D eigenvalue weighted by atomic mass is 10.3. The van der Waals surface area contributed by atoms with Crippen LogP contribution in [0.5, 0.6) is 0 Å². The second-order valence-corrected chi connectivity index (χ2v) is 7.60. The molecule has 0 bridgehead atoms. The first-order chi connectivity index (χ1) is 13.2. The maximum Gasteiger partial charge on any atom is 0.239 e. The van der Waals surface area contributed by atoms with Crippen LogP contribution >= 0.6 is 11.8 Å². The highest BCUT2D eigenvalue weighted by Gasteiger charge is 2.18. The molecule has 1 aromatic heterocycles. The summed E-state index contributed by atoms with van der Waals surface area (Å²) >= 11 is 1.54. The van der Waals surface area contributed by atoms with Gasteiger partial charge in [-0.05, 0) is 44.5 Å². The third-order valence-electron chi connectivity index (χ3n) is 4.19. The fourth-order valence-electron chi connectivity index (χ4n) is 2.83. The molecule has 0 saturated carbocycles. The van der Waals surface area contributed by atoms with Gasteiger partial charge in [-0.15, -0.1) is 11.8 Å². The van der Waals surface area contributed by atoms with Crippen LogP contribution in [0.4, 0.5) is 5.95 Å². The predicted octanol–water partition coefficient (Wildman–Crippen LogP) is 4.58. The molecule has 6 heteroatoms. The molecule has 0 aliphatic rings. The number of hydrogen-bond donors (Lipinski definition) is 1. The van der Waals surface area contributed by atoms with E-state index in [-0.39, 0.29) is 11.2 Å². The normalized spacial score (nSPS) is 12.2. The standard InChI is InChI=1S/C21H25N3O2S/c1-3-26-15-9-14-24-19-13-8-7-12-18(19)22-21(24)23-20(25)16(2)27-17-10-5-4-6-11-17/h4-8,10-13,16H,3,9,14-15H2,1-2H3,(H,22,23,25). The average molecular weight is 384 g/mol. The Labute approximate surface area is 164 Å². The Hall–Kier alpha value is -2.31. The summed E-state index contributed by atoms with van der Waals surface area (Å²) in [5.74, 6) is 0.545. The molecule has 5 nitrogen and oxygen atoms in total. The Kier molecular flexibility index (Phi) is 6.90. The molecule has 1 N–H and O–H groups in total. The molecule has 1 heterocycles. The van der Waals surface area contributed by atoms with Gasteiger partial charge in [0.05, 0.1) is 16.3 Å². The van der Waals surface area contributed by atoms with E-state index >= 15 is 0 Å².